The van der Waals surface area contributed by atoms with Crippen LogP contribution >= 0.6 is 0 Å². The maximum Gasteiger partial charge on any atom is 0.228 e. The highest BCUT2D eigenvalue weighted by Crippen LogP contribution is 2.17. The minimum atomic E-state index is -0.0310. The number of nitrogens with one attached hydrogen (secondary N) is 1. The standard InChI is InChI=1S/C17H20N2O/c1-11-4-6-14(8-13(11)3)9-17(20)19-15-7-5-12(2)16(18)10-15/h4-8,10H,9,18H2,1-3H3,(H,19,20). The molecule has 0 fully saturated rings. The lowest BCUT2D eigenvalue weighted by molar-refractivity contribution is -0.115. The molecule has 20 heavy (non-hydrogen) atoms. The first-order valence-corrected chi connectivity index (χ1v) is 6.68. The quantitative estimate of drug-likeness (QED) is 0.838. The van der Waals surface area contributed by atoms with Crippen molar-refractivity contribution in [2.75, 3.05) is 11.1 Å². The molecule has 0 spiro atoms. The summed E-state index contributed by atoms with van der Waals surface area (Å²) in [6.07, 6.45) is 0.370. The van der Waals surface area contributed by atoms with Gasteiger partial charge in [0, 0.05) is 11.4 Å². The molecular weight excluding hydrogens is 248 g/mol. The second-order valence-electron chi connectivity index (χ2n) is 5.21. The third-order valence-electron chi connectivity index (χ3n) is 3.50. The summed E-state index contributed by atoms with van der Waals surface area (Å²) < 4.78 is 0. The van der Waals surface area contributed by atoms with Gasteiger partial charge in [-0.3, -0.25) is 4.79 Å². The number of nitrogens with two attached hydrogens (primary N) is 1. The number of amides is 1. The largest absolute Gasteiger partial charge is 0.398 e. The molecular formula is C17H20N2O. The Kier molecular flexibility index (Phi) is 4.08. The Morgan fingerprint density at radius 2 is 1.70 bits per heavy atom. The van der Waals surface area contributed by atoms with E-state index in [-0.39, 0.29) is 5.91 Å². The van der Waals surface area contributed by atoms with Gasteiger partial charge in [0.1, 0.15) is 0 Å². The molecule has 2 aromatic carbocycles. The van der Waals surface area contributed by atoms with Crippen molar-refractivity contribution in [1.82, 2.24) is 0 Å². The van der Waals surface area contributed by atoms with Gasteiger partial charge in [0.2, 0.25) is 5.91 Å². The number of rotatable bonds is 3. The van der Waals surface area contributed by atoms with Crippen LogP contribution in [0.4, 0.5) is 11.4 Å². The van der Waals surface area contributed by atoms with Crippen molar-refractivity contribution < 1.29 is 4.79 Å². The van der Waals surface area contributed by atoms with E-state index >= 15 is 0 Å². The van der Waals surface area contributed by atoms with Crippen molar-refractivity contribution in [2.45, 2.75) is 27.2 Å². The summed E-state index contributed by atoms with van der Waals surface area (Å²) in [6.45, 7) is 6.06. The van der Waals surface area contributed by atoms with Crippen molar-refractivity contribution in [3.05, 3.63) is 58.7 Å². The predicted octanol–water partition coefficient (Wildman–Crippen LogP) is 3.38. The molecule has 3 heteroatoms. The molecule has 0 aromatic heterocycles. The van der Waals surface area contributed by atoms with Crippen molar-refractivity contribution >= 4 is 17.3 Å². The summed E-state index contributed by atoms with van der Waals surface area (Å²) in [4.78, 5) is 12.0. The van der Waals surface area contributed by atoms with Gasteiger partial charge in [0.15, 0.2) is 0 Å². The summed E-state index contributed by atoms with van der Waals surface area (Å²) in [6, 6.07) is 11.6. The number of hydrogen-bond acceptors (Lipinski definition) is 2. The van der Waals surface area contributed by atoms with E-state index in [1.54, 1.807) is 6.07 Å². The molecule has 2 aromatic rings. The number of aryl methyl sites for hydroxylation is 3. The third-order valence-corrected chi connectivity index (χ3v) is 3.50. The molecule has 0 atom stereocenters. The van der Waals surface area contributed by atoms with Gasteiger partial charge in [-0.05, 0) is 55.2 Å². The van der Waals surface area contributed by atoms with Crippen LogP contribution in [0.3, 0.4) is 0 Å². The lowest BCUT2D eigenvalue weighted by Crippen LogP contribution is -2.14. The second kappa shape index (κ2) is 5.78. The van der Waals surface area contributed by atoms with Crippen LogP contribution in [0.2, 0.25) is 0 Å². The molecule has 0 saturated carbocycles. The SMILES string of the molecule is Cc1ccc(CC(=O)Nc2ccc(C)c(N)c2)cc1C. The monoisotopic (exact) mass is 268 g/mol. The number of carbonyl (C=O) groups is 1. The number of hydrogen-bond donors (Lipinski definition) is 2. The van der Waals surface area contributed by atoms with E-state index in [1.165, 1.54) is 11.1 Å². The molecule has 104 valence electrons. The van der Waals surface area contributed by atoms with Crippen LogP contribution in [0.5, 0.6) is 0 Å². The summed E-state index contributed by atoms with van der Waals surface area (Å²) in [5, 5.41) is 2.87. The first kappa shape index (κ1) is 14.1. The van der Waals surface area contributed by atoms with Gasteiger partial charge in [0.25, 0.3) is 0 Å². The van der Waals surface area contributed by atoms with Gasteiger partial charge in [-0.15, -0.1) is 0 Å². The number of carbonyl (C=O) groups excluding carboxylic acids is 1. The Hall–Kier alpha value is -2.29. The van der Waals surface area contributed by atoms with Crippen molar-refractivity contribution in [3.63, 3.8) is 0 Å². The molecule has 3 nitrogen and oxygen atoms in total. The van der Waals surface area contributed by atoms with Gasteiger partial charge >= 0.3 is 0 Å². The van der Waals surface area contributed by atoms with Gasteiger partial charge in [0.05, 0.1) is 6.42 Å². The molecule has 0 saturated heterocycles. The maximum absolute atomic E-state index is 12.0. The minimum absolute atomic E-state index is 0.0310. The van der Waals surface area contributed by atoms with E-state index in [4.69, 9.17) is 5.73 Å². The molecule has 3 N–H and O–H groups in total. The van der Waals surface area contributed by atoms with E-state index in [0.29, 0.717) is 12.1 Å². The lowest BCUT2D eigenvalue weighted by Gasteiger charge is -2.08. The summed E-state index contributed by atoms with van der Waals surface area (Å²) in [5.41, 5.74) is 11.7. The molecule has 0 unspecified atom stereocenters. The van der Waals surface area contributed by atoms with Crippen LogP contribution in [-0.2, 0) is 11.2 Å². The Bertz CT molecular complexity index is 592. The van der Waals surface area contributed by atoms with Gasteiger partial charge < -0.3 is 11.1 Å². The zero-order chi connectivity index (χ0) is 14.7. The fourth-order valence-electron chi connectivity index (χ4n) is 2.02. The minimum Gasteiger partial charge on any atom is -0.398 e. The number of anilines is 2. The van der Waals surface area contributed by atoms with E-state index in [1.807, 2.05) is 31.2 Å². The van der Waals surface area contributed by atoms with E-state index in [2.05, 4.69) is 25.2 Å². The van der Waals surface area contributed by atoms with E-state index in [0.717, 1.165) is 16.8 Å². The van der Waals surface area contributed by atoms with E-state index in [9.17, 15) is 4.79 Å². The van der Waals surface area contributed by atoms with E-state index < -0.39 is 0 Å². The molecule has 0 aliphatic rings. The fourth-order valence-corrected chi connectivity index (χ4v) is 2.02. The molecule has 0 heterocycles. The van der Waals surface area contributed by atoms with Crippen molar-refractivity contribution in [1.29, 1.82) is 0 Å². The Labute approximate surface area is 119 Å². The smallest absolute Gasteiger partial charge is 0.228 e. The Morgan fingerprint density at radius 1 is 1.00 bits per heavy atom. The molecule has 2 rings (SSSR count). The van der Waals surface area contributed by atoms with Crippen molar-refractivity contribution in [2.24, 2.45) is 0 Å². The summed E-state index contributed by atoms with van der Waals surface area (Å²) >= 11 is 0. The highest BCUT2D eigenvalue weighted by molar-refractivity contribution is 5.92. The first-order valence-electron chi connectivity index (χ1n) is 6.68. The molecule has 0 bridgehead atoms. The van der Waals surface area contributed by atoms with Gasteiger partial charge in [-0.25, -0.2) is 0 Å². The number of nitrogen functional groups attached to an aromatic ring is 1. The summed E-state index contributed by atoms with van der Waals surface area (Å²) in [5.74, 6) is -0.0310. The lowest BCUT2D eigenvalue weighted by atomic mass is 10.0. The highest BCUT2D eigenvalue weighted by Gasteiger charge is 2.06. The van der Waals surface area contributed by atoms with Crippen LogP contribution < -0.4 is 11.1 Å². The molecule has 0 radical (unpaired) electrons. The maximum atomic E-state index is 12.0. The zero-order valence-corrected chi connectivity index (χ0v) is 12.2. The summed E-state index contributed by atoms with van der Waals surface area (Å²) in [7, 11) is 0. The molecule has 0 aliphatic heterocycles. The van der Waals surface area contributed by atoms with Crippen LogP contribution in [0.25, 0.3) is 0 Å². The number of benzene rings is 2. The molecule has 0 aliphatic carbocycles. The zero-order valence-electron chi connectivity index (χ0n) is 12.2. The van der Waals surface area contributed by atoms with Crippen LogP contribution in [-0.4, -0.2) is 5.91 Å². The van der Waals surface area contributed by atoms with Crippen LogP contribution in [0.15, 0.2) is 36.4 Å². The predicted molar refractivity (Wildman–Crippen MR) is 83.8 cm³/mol. The molecule has 1 amide bonds. The van der Waals surface area contributed by atoms with Crippen LogP contribution in [0.1, 0.15) is 22.3 Å². The fraction of sp³-hybridized carbons (Fsp3) is 0.235. The van der Waals surface area contributed by atoms with Crippen molar-refractivity contribution in [3.8, 4) is 0 Å². The second-order valence-corrected chi connectivity index (χ2v) is 5.21. The van der Waals surface area contributed by atoms with Crippen LogP contribution in [0, 0.1) is 20.8 Å². The van der Waals surface area contributed by atoms with Gasteiger partial charge in [-0.2, -0.15) is 0 Å². The highest BCUT2D eigenvalue weighted by atomic mass is 16.1. The average Bonchev–Trinajstić information content (AvgIpc) is 2.38. The average molecular weight is 268 g/mol. The Morgan fingerprint density at radius 3 is 2.35 bits per heavy atom. The topological polar surface area (TPSA) is 55.1 Å². The Balaban J connectivity index is 2.04. The first-order chi connectivity index (χ1) is 9.45. The van der Waals surface area contributed by atoms with Gasteiger partial charge in [-0.1, -0.05) is 24.3 Å². The normalized spacial score (nSPS) is 10.3. The third kappa shape index (κ3) is 3.38.